The van der Waals surface area contributed by atoms with Gasteiger partial charge in [-0.2, -0.15) is 0 Å². The van der Waals surface area contributed by atoms with Gasteiger partial charge in [-0.25, -0.2) is 4.79 Å². The molecule has 0 saturated heterocycles. The molecule has 0 saturated carbocycles. The molecule has 0 fully saturated rings. The van der Waals surface area contributed by atoms with Crippen molar-refractivity contribution in [3.05, 3.63) is 42.0 Å². The van der Waals surface area contributed by atoms with Gasteiger partial charge in [0, 0.05) is 0 Å². The fourth-order valence-corrected chi connectivity index (χ4v) is 3.63. The molecule has 4 nitrogen and oxygen atoms in total. The molecule has 0 heterocycles. The highest BCUT2D eigenvalue weighted by Crippen LogP contribution is 2.38. The number of hydrogen-bond donors (Lipinski definition) is 1. The number of carbonyl (C=O) groups is 1. The molecule has 5 heteroatoms. The molecule has 0 aliphatic rings. The standard InChI is InChI=1S/C20H33NO3Si/c1-8-18(24-25(6,7)20(2,3)4)17(21-19(22)23-5)15-14-16-12-10-9-11-13-16/h9-15,17-18H,8H2,1-7H3,(H,21,22)/b15-14+/t17-,18-/m0/s1. The zero-order chi connectivity index (χ0) is 19.1. The fraction of sp³-hybridized carbons (Fsp3) is 0.550. The molecule has 1 aromatic carbocycles. The lowest BCUT2D eigenvalue weighted by atomic mass is 10.1. The molecule has 0 spiro atoms. The van der Waals surface area contributed by atoms with E-state index in [1.54, 1.807) is 0 Å². The van der Waals surface area contributed by atoms with Gasteiger partial charge < -0.3 is 14.5 Å². The van der Waals surface area contributed by atoms with Crippen molar-refractivity contribution in [1.82, 2.24) is 5.32 Å². The topological polar surface area (TPSA) is 47.6 Å². The first-order chi connectivity index (χ1) is 11.6. The number of ether oxygens (including phenoxy) is 1. The minimum absolute atomic E-state index is 0.0973. The van der Waals surface area contributed by atoms with Crippen LogP contribution in [0.1, 0.15) is 39.7 Å². The van der Waals surface area contributed by atoms with Crippen LogP contribution in [-0.2, 0) is 9.16 Å². The second kappa shape index (κ2) is 9.20. The maximum absolute atomic E-state index is 11.8. The van der Waals surface area contributed by atoms with Crippen LogP contribution in [0.3, 0.4) is 0 Å². The number of hydrogen-bond acceptors (Lipinski definition) is 3. The lowest BCUT2D eigenvalue weighted by Crippen LogP contribution is -2.51. The van der Waals surface area contributed by atoms with E-state index in [-0.39, 0.29) is 17.2 Å². The molecule has 140 valence electrons. The monoisotopic (exact) mass is 363 g/mol. The molecule has 2 atom stereocenters. The summed E-state index contributed by atoms with van der Waals surface area (Å²) in [5, 5.41) is 3.02. The van der Waals surface area contributed by atoms with E-state index < -0.39 is 14.4 Å². The summed E-state index contributed by atoms with van der Waals surface area (Å²) >= 11 is 0. The van der Waals surface area contributed by atoms with Gasteiger partial charge >= 0.3 is 6.09 Å². The van der Waals surface area contributed by atoms with E-state index in [4.69, 9.17) is 9.16 Å². The van der Waals surface area contributed by atoms with Gasteiger partial charge in [-0.1, -0.05) is 70.2 Å². The van der Waals surface area contributed by atoms with E-state index in [9.17, 15) is 4.79 Å². The van der Waals surface area contributed by atoms with Crippen molar-refractivity contribution in [1.29, 1.82) is 0 Å². The van der Waals surface area contributed by atoms with Crippen molar-refractivity contribution in [2.24, 2.45) is 0 Å². The van der Waals surface area contributed by atoms with E-state index in [0.29, 0.717) is 0 Å². The summed E-state index contributed by atoms with van der Waals surface area (Å²) in [6.07, 6.45) is 4.27. The van der Waals surface area contributed by atoms with Crippen LogP contribution >= 0.6 is 0 Å². The Morgan fingerprint density at radius 1 is 1.24 bits per heavy atom. The summed E-state index contributed by atoms with van der Waals surface area (Å²) in [6.45, 7) is 13.2. The number of benzene rings is 1. The molecule has 0 unspecified atom stereocenters. The van der Waals surface area contributed by atoms with Crippen LogP contribution in [0.25, 0.3) is 6.08 Å². The Labute approximate surface area is 153 Å². The molecule has 0 aliphatic heterocycles. The molecule has 0 bridgehead atoms. The van der Waals surface area contributed by atoms with Crippen molar-refractivity contribution in [2.45, 2.75) is 64.4 Å². The first kappa shape index (κ1) is 21.4. The third kappa shape index (κ3) is 6.67. The second-order valence-electron chi connectivity index (χ2n) is 7.76. The molecular weight excluding hydrogens is 330 g/mol. The Kier molecular flexibility index (Phi) is 7.89. The zero-order valence-electron chi connectivity index (χ0n) is 16.6. The summed E-state index contributed by atoms with van der Waals surface area (Å²) in [5.41, 5.74) is 1.08. The largest absolute Gasteiger partial charge is 0.453 e. The van der Waals surface area contributed by atoms with Crippen LogP contribution < -0.4 is 5.32 Å². The highest BCUT2D eigenvalue weighted by atomic mass is 28.4. The van der Waals surface area contributed by atoms with E-state index in [2.05, 4.69) is 46.1 Å². The lowest BCUT2D eigenvalue weighted by Gasteiger charge is -2.40. The van der Waals surface area contributed by atoms with Crippen molar-refractivity contribution >= 4 is 20.5 Å². The van der Waals surface area contributed by atoms with Gasteiger partial charge in [0.1, 0.15) is 0 Å². The number of methoxy groups -OCH3 is 1. The molecule has 1 amide bonds. The maximum atomic E-state index is 11.8. The quantitative estimate of drug-likeness (QED) is 0.675. The minimum Gasteiger partial charge on any atom is -0.453 e. The van der Waals surface area contributed by atoms with Crippen molar-refractivity contribution in [3.63, 3.8) is 0 Å². The molecule has 0 aromatic heterocycles. The van der Waals surface area contributed by atoms with Gasteiger partial charge in [0.15, 0.2) is 8.32 Å². The molecular formula is C20H33NO3Si. The molecule has 0 aliphatic carbocycles. The van der Waals surface area contributed by atoms with Crippen LogP contribution in [0.5, 0.6) is 0 Å². The molecule has 0 radical (unpaired) electrons. The highest BCUT2D eigenvalue weighted by Gasteiger charge is 2.40. The molecule has 25 heavy (non-hydrogen) atoms. The van der Waals surface area contributed by atoms with E-state index in [1.807, 2.05) is 42.5 Å². The Bertz CT molecular complexity index is 564. The van der Waals surface area contributed by atoms with Crippen LogP contribution in [0, 0.1) is 0 Å². The van der Waals surface area contributed by atoms with Crippen molar-refractivity contribution in [2.75, 3.05) is 7.11 Å². The molecule has 1 aromatic rings. The average molecular weight is 364 g/mol. The van der Waals surface area contributed by atoms with Crippen LogP contribution in [0.2, 0.25) is 18.1 Å². The normalized spacial score (nSPS) is 15.0. The van der Waals surface area contributed by atoms with Gasteiger partial charge in [0.25, 0.3) is 0 Å². The first-order valence-corrected chi connectivity index (χ1v) is 11.8. The maximum Gasteiger partial charge on any atom is 0.407 e. The third-order valence-electron chi connectivity index (χ3n) is 4.82. The average Bonchev–Trinajstić information content (AvgIpc) is 2.56. The van der Waals surface area contributed by atoms with Crippen LogP contribution in [0.4, 0.5) is 4.79 Å². The van der Waals surface area contributed by atoms with E-state index in [0.717, 1.165) is 12.0 Å². The number of rotatable bonds is 7. The predicted octanol–water partition coefficient (Wildman–Crippen LogP) is 5.22. The molecule has 1 rings (SSSR count). The van der Waals surface area contributed by atoms with Gasteiger partial charge in [0.2, 0.25) is 0 Å². The van der Waals surface area contributed by atoms with Gasteiger partial charge in [-0.15, -0.1) is 0 Å². The van der Waals surface area contributed by atoms with Crippen LogP contribution in [0.15, 0.2) is 36.4 Å². The summed E-state index contributed by atoms with van der Waals surface area (Å²) < 4.78 is 11.4. The Morgan fingerprint density at radius 3 is 2.32 bits per heavy atom. The third-order valence-corrected chi connectivity index (χ3v) is 9.32. The van der Waals surface area contributed by atoms with Gasteiger partial charge in [-0.3, -0.25) is 0 Å². The fourth-order valence-electron chi connectivity index (χ4n) is 2.20. The summed E-state index contributed by atoms with van der Waals surface area (Å²) in [5.74, 6) is 0. The zero-order valence-corrected chi connectivity index (χ0v) is 17.6. The lowest BCUT2D eigenvalue weighted by molar-refractivity contribution is 0.130. The van der Waals surface area contributed by atoms with E-state index >= 15 is 0 Å². The Morgan fingerprint density at radius 2 is 1.84 bits per heavy atom. The SMILES string of the molecule is CC[C@H](O[Si](C)(C)C(C)(C)C)[C@H](/C=C/c1ccccc1)NC(=O)OC. The number of alkyl carbamates (subject to hydrolysis) is 1. The number of nitrogens with one attached hydrogen (secondary N) is 1. The smallest absolute Gasteiger partial charge is 0.407 e. The second-order valence-corrected chi connectivity index (χ2v) is 12.5. The number of amides is 1. The van der Waals surface area contributed by atoms with Crippen molar-refractivity contribution in [3.8, 4) is 0 Å². The van der Waals surface area contributed by atoms with Gasteiger partial charge in [0.05, 0.1) is 19.3 Å². The minimum atomic E-state index is -1.95. The highest BCUT2D eigenvalue weighted by molar-refractivity contribution is 6.74. The van der Waals surface area contributed by atoms with E-state index in [1.165, 1.54) is 7.11 Å². The number of carbonyl (C=O) groups excluding carboxylic acids is 1. The molecule has 1 N–H and O–H groups in total. The predicted molar refractivity (Wildman–Crippen MR) is 107 cm³/mol. The first-order valence-electron chi connectivity index (χ1n) is 8.86. The Hall–Kier alpha value is -1.59. The summed E-state index contributed by atoms with van der Waals surface area (Å²) in [6, 6.07) is 9.78. The van der Waals surface area contributed by atoms with Gasteiger partial charge in [-0.05, 0) is 30.1 Å². The summed E-state index contributed by atoms with van der Waals surface area (Å²) in [7, 11) is -0.569. The van der Waals surface area contributed by atoms with Crippen molar-refractivity contribution < 1.29 is 14.0 Å². The van der Waals surface area contributed by atoms with Crippen LogP contribution in [-0.4, -0.2) is 33.7 Å². The summed E-state index contributed by atoms with van der Waals surface area (Å²) in [4.78, 5) is 11.8. The Balaban J connectivity index is 3.02.